The fourth-order valence-electron chi connectivity index (χ4n) is 1.86. The molecule has 0 fully saturated rings. The van der Waals surface area contributed by atoms with Gasteiger partial charge in [0.1, 0.15) is 5.84 Å². The molecule has 1 unspecified atom stereocenters. The number of hydrogen-bond acceptors (Lipinski definition) is 1. The summed E-state index contributed by atoms with van der Waals surface area (Å²) in [6, 6.07) is 6.36. The Morgan fingerprint density at radius 1 is 1.43 bits per heavy atom. The first-order valence-electron chi connectivity index (χ1n) is 4.33. The van der Waals surface area contributed by atoms with E-state index in [0.29, 0.717) is 5.56 Å². The number of hydrogen-bond donors (Lipinski definition) is 2. The smallest absolute Gasteiger partial charge is 0.283 e. The number of nitrogens with two attached hydrogens (primary N) is 1. The Kier molecular flexibility index (Phi) is 1.80. The van der Waals surface area contributed by atoms with Crippen molar-refractivity contribution in [2.45, 2.75) is 12.3 Å². The third-order valence-corrected chi connectivity index (χ3v) is 2.61. The number of amidine groups is 1. The van der Waals surface area contributed by atoms with E-state index in [-0.39, 0.29) is 12.0 Å². The van der Waals surface area contributed by atoms with Crippen LogP contribution in [0.4, 0.5) is 8.78 Å². The molecule has 1 aromatic carbocycles. The van der Waals surface area contributed by atoms with Gasteiger partial charge in [-0.1, -0.05) is 24.3 Å². The molecule has 2 rings (SSSR count). The van der Waals surface area contributed by atoms with E-state index in [1.165, 1.54) is 6.07 Å². The van der Waals surface area contributed by atoms with Crippen LogP contribution in [0.5, 0.6) is 0 Å². The zero-order chi connectivity index (χ0) is 10.3. The summed E-state index contributed by atoms with van der Waals surface area (Å²) in [6.45, 7) is 0. The molecule has 1 aliphatic rings. The summed E-state index contributed by atoms with van der Waals surface area (Å²) in [4.78, 5) is 0. The van der Waals surface area contributed by atoms with Crippen molar-refractivity contribution >= 4 is 5.84 Å². The second kappa shape index (κ2) is 2.77. The summed E-state index contributed by atoms with van der Waals surface area (Å²) in [7, 11) is 0. The SMILES string of the molecule is N=C(N)C1Cc2ccccc2C1(F)F. The molecule has 0 bridgehead atoms. The molecule has 0 aromatic heterocycles. The normalized spacial score (nSPS) is 23.1. The molecule has 0 saturated heterocycles. The largest absolute Gasteiger partial charge is 0.387 e. The van der Waals surface area contributed by atoms with E-state index in [1.54, 1.807) is 18.2 Å². The van der Waals surface area contributed by atoms with Gasteiger partial charge in [0.25, 0.3) is 5.92 Å². The highest BCUT2D eigenvalue weighted by Gasteiger charge is 2.49. The molecule has 2 nitrogen and oxygen atoms in total. The Bertz CT molecular complexity index is 387. The molecule has 0 saturated carbocycles. The van der Waals surface area contributed by atoms with Crippen LogP contribution in [0, 0.1) is 11.3 Å². The van der Waals surface area contributed by atoms with E-state index >= 15 is 0 Å². The van der Waals surface area contributed by atoms with Gasteiger partial charge in [-0.25, -0.2) is 8.78 Å². The van der Waals surface area contributed by atoms with Crippen molar-refractivity contribution in [2.24, 2.45) is 11.7 Å². The van der Waals surface area contributed by atoms with Crippen molar-refractivity contribution in [3.8, 4) is 0 Å². The second-order valence-corrected chi connectivity index (χ2v) is 3.49. The first-order chi connectivity index (χ1) is 6.53. The molecule has 1 aliphatic carbocycles. The number of halogens is 2. The minimum Gasteiger partial charge on any atom is -0.387 e. The Labute approximate surface area is 80.2 Å². The average Bonchev–Trinajstić information content (AvgIpc) is 2.39. The summed E-state index contributed by atoms with van der Waals surface area (Å²) in [5.74, 6) is -4.59. The first kappa shape index (κ1) is 9.12. The Morgan fingerprint density at radius 3 is 2.64 bits per heavy atom. The van der Waals surface area contributed by atoms with Gasteiger partial charge in [-0.2, -0.15) is 0 Å². The van der Waals surface area contributed by atoms with Crippen LogP contribution in [0.3, 0.4) is 0 Å². The Morgan fingerprint density at radius 2 is 2.07 bits per heavy atom. The highest BCUT2D eigenvalue weighted by Crippen LogP contribution is 2.45. The molecule has 3 N–H and O–H groups in total. The van der Waals surface area contributed by atoms with Crippen LogP contribution in [-0.2, 0) is 12.3 Å². The maximum Gasteiger partial charge on any atom is 0.283 e. The van der Waals surface area contributed by atoms with Crippen LogP contribution < -0.4 is 5.73 Å². The van der Waals surface area contributed by atoms with Crippen LogP contribution >= 0.6 is 0 Å². The third-order valence-electron chi connectivity index (χ3n) is 2.61. The predicted octanol–water partition coefficient (Wildman–Crippen LogP) is 1.89. The first-order valence-corrected chi connectivity index (χ1v) is 4.33. The number of rotatable bonds is 1. The van der Waals surface area contributed by atoms with Crippen LogP contribution in [0.1, 0.15) is 11.1 Å². The molecule has 74 valence electrons. The Balaban J connectivity index is 2.50. The lowest BCUT2D eigenvalue weighted by Crippen LogP contribution is -2.33. The molecule has 0 spiro atoms. The molecule has 14 heavy (non-hydrogen) atoms. The van der Waals surface area contributed by atoms with E-state index in [0.717, 1.165) is 0 Å². The maximum atomic E-state index is 13.6. The van der Waals surface area contributed by atoms with Crippen LogP contribution in [-0.4, -0.2) is 5.84 Å². The van der Waals surface area contributed by atoms with Crippen molar-refractivity contribution in [2.75, 3.05) is 0 Å². The zero-order valence-corrected chi connectivity index (χ0v) is 7.43. The highest BCUT2D eigenvalue weighted by molar-refractivity contribution is 5.82. The molecule has 0 amide bonds. The summed E-state index contributed by atoms with van der Waals surface area (Å²) in [5, 5.41) is 7.12. The van der Waals surface area contributed by atoms with E-state index < -0.39 is 17.7 Å². The fraction of sp³-hybridized carbons (Fsp3) is 0.300. The lowest BCUT2D eigenvalue weighted by atomic mass is 10.0. The van der Waals surface area contributed by atoms with Gasteiger partial charge in [0, 0.05) is 5.56 Å². The predicted molar refractivity (Wildman–Crippen MR) is 49.4 cm³/mol. The fourth-order valence-corrected chi connectivity index (χ4v) is 1.86. The summed E-state index contributed by atoms with van der Waals surface area (Å²) < 4.78 is 27.3. The number of nitrogens with one attached hydrogen (secondary N) is 1. The lowest BCUT2D eigenvalue weighted by Gasteiger charge is -2.18. The van der Waals surface area contributed by atoms with Gasteiger partial charge >= 0.3 is 0 Å². The molecular formula is C10H10F2N2. The van der Waals surface area contributed by atoms with Gasteiger partial charge in [-0.15, -0.1) is 0 Å². The topological polar surface area (TPSA) is 49.9 Å². The molecule has 1 atom stereocenters. The second-order valence-electron chi connectivity index (χ2n) is 3.49. The van der Waals surface area contributed by atoms with E-state index in [9.17, 15) is 8.78 Å². The summed E-state index contributed by atoms with van der Waals surface area (Å²) >= 11 is 0. The number of benzene rings is 1. The maximum absolute atomic E-state index is 13.6. The molecular weight excluding hydrogens is 186 g/mol. The summed E-state index contributed by atoms with van der Waals surface area (Å²) in [5.41, 5.74) is 5.77. The quantitative estimate of drug-likeness (QED) is 0.523. The minimum atomic E-state index is -2.98. The van der Waals surface area contributed by atoms with E-state index in [4.69, 9.17) is 11.1 Å². The molecule has 0 aliphatic heterocycles. The van der Waals surface area contributed by atoms with Gasteiger partial charge in [-0.3, -0.25) is 5.41 Å². The zero-order valence-electron chi connectivity index (χ0n) is 7.43. The van der Waals surface area contributed by atoms with Gasteiger partial charge < -0.3 is 5.73 Å². The van der Waals surface area contributed by atoms with Crippen LogP contribution in [0.25, 0.3) is 0 Å². The molecule has 0 heterocycles. The molecule has 4 heteroatoms. The highest BCUT2D eigenvalue weighted by atomic mass is 19.3. The van der Waals surface area contributed by atoms with E-state index in [1.807, 2.05) is 0 Å². The standard InChI is InChI=1S/C10H10F2N2/c11-10(12)7-4-2-1-3-6(7)5-8(10)9(13)14/h1-4,8H,5H2,(H3,13,14). The van der Waals surface area contributed by atoms with Crippen LogP contribution in [0.15, 0.2) is 24.3 Å². The van der Waals surface area contributed by atoms with Crippen LogP contribution in [0.2, 0.25) is 0 Å². The lowest BCUT2D eigenvalue weighted by molar-refractivity contribution is -0.0277. The van der Waals surface area contributed by atoms with Crippen molar-refractivity contribution in [1.29, 1.82) is 5.41 Å². The van der Waals surface area contributed by atoms with Gasteiger partial charge in [0.05, 0.1) is 5.92 Å². The van der Waals surface area contributed by atoms with E-state index in [2.05, 4.69) is 0 Å². The average molecular weight is 196 g/mol. The van der Waals surface area contributed by atoms with Crippen molar-refractivity contribution in [3.05, 3.63) is 35.4 Å². The van der Waals surface area contributed by atoms with Crippen molar-refractivity contribution in [3.63, 3.8) is 0 Å². The minimum absolute atomic E-state index is 0.0141. The number of fused-ring (bicyclic) bond motifs is 1. The molecule has 1 aromatic rings. The number of alkyl halides is 2. The Hall–Kier alpha value is -1.45. The summed E-state index contributed by atoms with van der Waals surface area (Å²) in [6.07, 6.45) is 0.165. The van der Waals surface area contributed by atoms with Gasteiger partial charge in [-0.05, 0) is 12.0 Å². The monoisotopic (exact) mass is 196 g/mol. The van der Waals surface area contributed by atoms with Gasteiger partial charge in [0.15, 0.2) is 0 Å². The molecule has 0 radical (unpaired) electrons. The van der Waals surface area contributed by atoms with Crippen molar-refractivity contribution < 1.29 is 8.78 Å². The van der Waals surface area contributed by atoms with Gasteiger partial charge in [0.2, 0.25) is 0 Å². The third kappa shape index (κ3) is 1.10. The van der Waals surface area contributed by atoms with Crippen molar-refractivity contribution in [1.82, 2.24) is 0 Å².